The molecule has 31 heavy (non-hydrogen) atoms. The van der Waals surface area contributed by atoms with Crippen molar-refractivity contribution in [3.05, 3.63) is 94.2 Å². The number of aromatic nitrogens is 4. The number of hydrogen-bond acceptors (Lipinski definition) is 5. The van der Waals surface area contributed by atoms with Crippen molar-refractivity contribution in [1.29, 1.82) is 0 Å². The van der Waals surface area contributed by atoms with Crippen LogP contribution in [0.3, 0.4) is 0 Å². The normalized spacial score (nSPS) is 10.9. The Morgan fingerprint density at radius 3 is 2.52 bits per heavy atom. The van der Waals surface area contributed by atoms with Gasteiger partial charge in [-0.3, -0.25) is 0 Å². The summed E-state index contributed by atoms with van der Waals surface area (Å²) in [6, 6.07) is 21.2. The smallest absolute Gasteiger partial charge is 0.213 e. The minimum absolute atomic E-state index is 0.500. The maximum atomic E-state index is 6.15. The number of nitrogens with zero attached hydrogens (tertiary/aromatic N) is 4. The molecule has 0 saturated heterocycles. The molecule has 1 N–H and O–H groups in total. The molecule has 0 amide bonds. The Balaban J connectivity index is 1.44. The zero-order valence-electron chi connectivity index (χ0n) is 16.7. The Hall–Kier alpha value is -2.93. The summed E-state index contributed by atoms with van der Waals surface area (Å²) in [7, 11) is 0. The summed E-state index contributed by atoms with van der Waals surface area (Å²) in [5, 5.41) is 13.8. The fourth-order valence-electron chi connectivity index (χ4n) is 3.06. The largest absolute Gasteiger partial charge is 0.476 e. The molecule has 0 atom stereocenters. The Morgan fingerprint density at radius 1 is 0.903 bits per heavy atom. The Morgan fingerprint density at radius 2 is 1.74 bits per heavy atom. The molecule has 0 aliphatic carbocycles. The summed E-state index contributed by atoms with van der Waals surface area (Å²) in [6.45, 7) is 2.23. The van der Waals surface area contributed by atoms with E-state index < -0.39 is 0 Å². The first-order chi connectivity index (χ1) is 15.2. The summed E-state index contributed by atoms with van der Waals surface area (Å²) >= 11 is 12.2. The molecule has 2 aromatic heterocycles. The van der Waals surface area contributed by atoms with Gasteiger partial charge in [-0.25, -0.2) is 4.98 Å². The number of pyridine rings is 1. The van der Waals surface area contributed by atoms with Crippen molar-refractivity contribution >= 4 is 23.2 Å². The van der Waals surface area contributed by atoms with E-state index in [1.165, 1.54) is 0 Å². The lowest BCUT2D eigenvalue weighted by Gasteiger charge is -2.06. The fourth-order valence-corrected chi connectivity index (χ4v) is 3.38. The van der Waals surface area contributed by atoms with Gasteiger partial charge in [0.15, 0.2) is 0 Å². The fraction of sp³-hybridized carbons (Fsp3) is 0.174. The molecule has 8 heteroatoms. The van der Waals surface area contributed by atoms with Crippen LogP contribution < -0.4 is 10.1 Å². The van der Waals surface area contributed by atoms with Crippen molar-refractivity contribution in [2.45, 2.75) is 13.1 Å². The number of benzene rings is 2. The van der Waals surface area contributed by atoms with Gasteiger partial charge in [0, 0.05) is 30.9 Å². The van der Waals surface area contributed by atoms with Gasteiger partial charge in [0.05, 0.1) is 16.6 Å². The molecule has 0 saturated carbocycles. The lowest BCUT2D eigenvalue weighted by atomic mass is 10.1. The average molecular weight is 454 g/mol. The predicted molar refractivity (Wildman–Crippen MR) is 122 cm³/mol. The molecular formula is C23H21Cl2N5O. The lowest BCUT2D eigenvalue weighted by molar-refractivity contribution is 0.302. The van der Waals surface area contributed by atoms with Gasteiger partial charge in [0.25, 0.3) is 0 Å². The van der Waals surface area contributed by atoms with E-state index in [2.05, 4.69) is 10.3 Å². The maximum absolute atomic E-state index is 6.15. The minimum Gasteiger partial charge on any atom is -0.476 e. The summed E-state index contributed by atoms with van der Waals surface area (Å²) < 4.78 is 5.63. The van der Waals surface area contributed by atoms with Crippen LogP contribution in [0.1, 0.15) is 11.3 Å². The maximum Gasteiger partial charge on any atom is 0.213 e. The number of rotatable bonds is 9. The molecule has 6 nitrogen and oxygen atoms in total. The van der Waals surface area contributed by atoms with Crippen LogP contribution in [0.2, 0.25) is 10.0 Å². The lowest BCUT2D eigenvalue weighted by Crippen LogP contribution is -2.21. The molecule has 0 aliphatic rings. The topological polar surface area (TPSA) is 64.9 Å². The number of nitrogens with one attached hydrogen (secondary N) is 1. The molecule has 0 unspecified atom stereocenters. The molecule has 4 aromatic rings. The van der Waals surface area contributed by atoms with Crippen LogP contribution in [0.4, 0.5) is 0 Å². The van der Waals surface area contributed by atoms with Crippen molar-refractivity contribution < 1.29 is 4.74 Å². The van der Waals surface area contributed by atoms with Crippen molar-refractivity contribution in [3.8, 4) is 17.1 Å². The quantitative estimate of drug-likeness (QED) is 0.366. The van der Waals surface area contributed by atoms with E-state index in [1.807, 2.05) is 60.7 Å². The molecule has 2 heterocycles. The molecule has 0 bridgehead atoms. The van der Waals surface area contributed by atoms with E-state index in [0.717, 1.165) is 22.5 Å². The first kappa shape index (κ1) is 21.3. The monoisotopic (exact) mass is 453 g/mol. The van der Waals surface area contributed by atoms with Gasteiger partial charge >= 0.3 is 0 Å². The highest BCUT2D eigenvalue weighted by Crippen LogP contribution is 2.24. The highest BCUT2D eigenvalue weighted by molar-refractivity contribution is 6.42. The number of halogens is 2. The zero-order valence-corrected chi connectivity index (χ0v) is 18.2. The standard InChI is InChI=1S/C23H21Cl2N5O/c24-19-10-9-17(14-20(19)25)16-30-28-21(23(29-30)18-6-2-1-3-7-18)15-26-12-13-31-22-8-4-5-11-27-22/h1-11,14,26H,12-13,15-16H2. The van der Waals surface area contributed by atoms with E-state index in [1.54, 1.807) is 17.1 Å². The first-order valence-electron chi connectivity index (χ1n) is 9.87. The molecule has 0 aliphatic heterocycles. The number of hydrogen-bond donors (Lipinski definition) is 1. The second-order valence-corrected chi connectivity index (χ2v) is 7.65. The van der Waals surface area contributed by atoms with Gasteiger partial charge in [-0.15, -0.1) is 0 Å². The van der Waals surface area contributed by atoms with Gasteiger partial charge in [0.1, 0.15) is 18.0 Å². The van der Waals surface area contributed by atoms with Crippen LogP contribution in [-0.2, 0) is 13.1 Å². The van der Waals surface area contributed by atoms with Crippen LogP contribution in [0.15, 0.2) is 72.9 Å². The third kappa shape index (κ3) is 5.82. The molecule has 2 aromatic carbocycles. The van der Waals surface area contributed by atoms with Crippen molar-refractivity contribution in [3.63, 3.8) is 0 Å². The summed E-state index contributed by atoms with van der Waals surface area (Å²) in [5.74, 6) is 0.613. The summed E-state index contributed by atoms with van der Waals surface area (Å²) in [4.78, 5) is 5.83. The van der Waals surface area contributed by atoms with E-state index >= 15 is 0 Å². The van der Waals surface area contributed by atoms with E-state index in [-0.39, 0.29) is 0 Å². The van der Waals surface area contributed by atoms with Gasteiger partial charge in [-0.2, -0.15) is 15.0 Å². The minimum atomic E-state index is 0.500. The first-order valence-corrected chi connectivity index (χ1v) is 10.6. The summed E-state index contributed by atoms with van der Waals surface area (Å²) in [6.07, 6.45) is 1.71. The van der Waals surface area contributed by atoms with E-state index in [4.69, 9.17) is 38.1 Å². The second-order valence-electron chi connectivity index (χ2n) is 6.83. The number of ether oxygens (including phenoxy) is 1. The highest BCUT2D eigenvalue weighted by Gasteiger charge is 2.13. The molecule has 0 radical (unpaired) electrons. The van der Waals surface area contributed by atoms with Gasteiger partial charge in [-0.05, 0) is 23.8 Å². The van der Waals surface area contributed by atoms with Crippen LogP contribution in [0.25, 0.3) is 11.3 Å². The average Bonchev–Trinajstić information content (AvgIpc) is 3.20. The van der Waals surface area contributed by atoms with Crippen molar-refractivity contribution in [1.82, 2.24) is 25.3 Å². The van der Waals surface area contributed by atoms with Crippen LogP contribution in [-0.4, -0.2) is 33.1 Å². The molecule has 0 spiro atoms. The van der Waals surface area contributed by atoms with E-state index in [9.17, 15) is 0 Å². The molecular weight excluding hydrogens is 433 g/mol. The third-order valence-electron chi connectivity index (χ3n) is 4.54. The van der Waals surface area contributed by atoms with Gasteiger partial charge < -0.3 is 10.1 Å². The Bertz CT molecular complexity index is 1120. The van der Waals surface area contributed by atoms with Crippen molar-refractivity contribution in [2.75, 3.05) is 13.2 Å². The molecule has 158 valence electrons. The van der Waals surface area contributed by atoms with Gasteiger partial charge in [-0.1, -0.05) is 65.7 Å². The van der Waals surface area contributed by atoms with Crippen molar-refractivity contribution in [2.24, 2.45) is 0 Å². The van der Waals surface area contributed by atoms with Crippen LogP contribution >= 0.6 is 23.2 Å². The van der Waals surface area contributed by atoms with Crippen LogP contribution in [0.5, 0.6) is 5.88 Å². The predicted octanol–water partition coefficient (Wildman–Crippen LogP) is 4.86. The Labute approximate surface area is 190 Å². The van der Waals surface area contributed by atoms with Gasteiger partial charge in [0.2, 0.25) is 5.88 Å². The Kier molecular flexibility index (Phi) is 7.14. The molecule has 0 fully saturated rings. The third-order valence-corrected chi connectivity index (χ3v) is 5.28. The SMILES string of the molecule is Clc1ccc(Cn2nc(CNCCOc3ccccn3)c(-c3ccccc3)n2)cc1Cl. The highest BCUT2D eigenvalue weighted by atomic mass is 35.5. The zero-order chi connectivity index (χ0) is 21.5. The summed E-state index contributed by atoms with van der Waals surface area (Å²) in [5.41, 5.74) is 3.71. The second kappa shape index (κ2) is 10.4. The van der Waals surface area contributed by atoms with Crippen LogP contribution in [0, 0.1) is 0 Å². The molecule has 4 rings (SSSR count). The van der Waals surface area contributed by atoms with E-state index in [0.29, 0.717) is 42.2 Å².